The summed E-state index contributed by atoms with van der Waals surface area (Å²) in [6.07, 6.45) is 2.84. The number of carbonyl (C=O) groups is 1. The van der Waals surface area contributed by atoms with Crippen LogP contribution in [-0.2, 0) is 11.2 Å². The first-order valence-corrected chi connectivity index (χ1v) is 8.08. The molecule has 0 radical (unpaired) electrons. The van der Waals surface area contributed by atoms with Crippen molar-refractivity contribution in [1.82, 2.24) is 10.2 Å². The Morgan fingerprint density at radius 2 is 2.10 bits per heavy atom. The molecule has 1 fully saturated rings. The molecule has 1 aliphatic heterocycles. The molecule has 0 unspecified atom stereocenters. The molecule has 0 saturated carbocycles. The lowest BCUT2D eigenvalue weighted by molar-refractivity contribution is -0.135. The quantitative estimate of drug-likeness (QED) is 0.915. The lowest BCUT2D eigenvalue weighted by Crippen LogP contribution is -2.43. The van der Waals surface area contributed by atoms with Crippen molar-refractivity contribution >= 4 is 21.8 Å². The lowest BCUT2D eigenvalue weighted by Gasteiger charge is -2.30. The maximum atomic E-state index is 12.4. The van der Waals surface area contributed by atoms with Gasteiger partial charge in [0, 0.05) is 30.0 Å². The second-order valence-electron chi connectivity index (χ2n) is 5.71. The van der Waals surface area contributed by atoms with Crippen molar-refractivity contribution in [2.75, 3.05) is 20.1 Å². The van der Waals surface area contributed by atoms with Gasteiger partial charge in [-0.3, -0.25) is 4.79 Å². The number of hydrogen-bond acceptors (Lipinski definition) is 2. The highest BCUT2D eigenvalue weighted by Crippen LogP contribution is 2.18. The van der Waals surface area contributed by atoms with E-state index in [1.807, 2.05) is 24.1 Å². The molecule has 0 aromatic heterocycles. The molecule has 110 valence electrons. The molecule has 1 aromatic carbocycles. The van der Waals surface area contributed by atoms with Crippen molar-refractivity contribution in [2.45, 2.75) is 32.2 Å². The van der Waals surface area contributed by atoms with Crippen LogP contribution in [0.25, 0.3) is 0 Å². The summed E-state index contributed by atoms with van der Waals surface area (Å²) in [7, 11) is 1.92. The number of likely N-dealkylation sites (N-methyl/N-ethyl adjacent to an activating group) is 1. The van der Waals surface area contributed by atoms with Gasteiger partial charge in [-0.05, 0) is 50.4 Å². The largest absolute Gasteiger partial charge is 0.345 e. The first kappa shape index (κ1) is 15.5. The van der Waals surface area contributed by atoms with Crippen LogP contribution in [0.4, 0.5) is 0 Å². The number of halogens is 1. The van der Waals surface area contributed by atoms with Gasteiger partial charge in [0.05, 0.1) is 0 Å². The van der Waals surface area contributed by atoms with Crippen LogP contribution in [-0.4, -0.2) is 37.0 Å². The number of hydrogen-bond donors (Lipinski definition) is 1. The minimum Gasteiger partial charge on any atom is -0.345 e. The molecule has 2 rings (SSSR count). The summed E-state index contributed by atoms with van der Waals surface area (Å²) in [4.78, 5) is 14.3. The Morgan fingerprint density at radius 1 is 1.40 bits per heavy atom. The van der Waals surface area contributed by atoms with Crippen LogP contribution >= 0.6 is 15.9 Å². The Labute approximate surface area is 129 Å². The zero-order valence-corrected chi connectivity index (χ0v) is 13.8. The molecule has 0 spiro atoms. The summed E-state index contributed by atoms with van der Waals surface area (Å²) in [5.74, 6) is 0.497. The Morgan fingerprint density at radius 3 is 2.75 bits per heavy atom. The average Bonchev–Trinajstić information content (AvgIpc) is 2.45. The summed E-state index contributed by atoms with van der Waals surface area (Å²) < 4.78 is 1.09. The minimum absolute atomic E-state index is 0.196. The highest BCUT2D eigenvalue weighted by molar-refractivity contribution is 9.10. The van der Waals surface area contributed by atoms with Crippen molar-refractivity contribution in [2.24, 2.45) is 5.92 Å². The number of piperidine rings is 1. The fourth-order valence-electron chi connectivity index (χ4n) is 2.73. The summed E-state index contributed by atoms with van der Waals surface area (Å²) >= 11 is 3.44. The number of rotatable bonds is 4. The van der Waals surface area contributed by atoms with Gasteiger partial charge in [0.1, 0.15) is 0 Å². The zero-order valence-electron chi connectivity index (χ0n) is 12.2. The first-order valence-electron chi connectivity index (χ1n) is 7.29. The van der Waals surface area contributed by atoms with Gasteiger partial charge in [0.25, 0.3) is 0 Å². The van der Waals surface area contributed by atoms with Crippen LogP contribution in [0.2, 0.25) is 0 Å². The number of benzene rings is 1. The first-order chi connectivity index (χ1) is 9.56. The van der Waals surface area contributed by atoms with E-state index in [1.165, 1.54) is 5.56 Å². The van der Waals surface area contributed by atoms with Gasteiger partial charge in [0.15, 0.2) is 0 Å². The van der Waals surface area contributed by atoms with E-state index in [0.717, 1.165) is 36.8 Å². The summed E-state index contributed by atoms with van der Waals surface area (Å²) in [6, 6.07) is 8.76. The Kier molecular flexibility index (Phi) is 5.61. The fourth-order valence-corrected chi connectivity index (χ4v) is 2.99. The van der Waals surface area contributed by atoms with Crippen LogP contribution in [0.5, 0.6) is 0 Å². The van der Waals surface area contributed by atoms with E-state index in [0.29, 0.717) is 11.9 Å². The van der Waals surface area contributed by atoms with Gasteiger partial charge in [-0.1, -0.05) is 28.1 Å². The normalized spacial score (nSPS) is 22.6. The third-order valence-electron chi connectivity index (χ3n) is 4.00. The predicted molar refractivity (Wildman–Crippen MR) is 85.7 cm³/mol. The number of nitrogens with one attached hydrogen (secondary N) is 1. The van der Waals surface area contributed by atoms with Crippen LogP contribution < -0.4 is 5.32 Å². The molecule has 20 heavy (non-hydrogen) atoms. The second kappa shape index (κ2) is 7.23. The molecule has 3 nitrogen and oxygen atoms in total. The van der Waals surface area contributed by atoms with Crippen LogP contribution in [0.15, 0.2) is 28.7 Å². The summed E-state index contributed by atoms with van der Waals surface area (Å²) in [5, 5.41) is 3.39. The van der Waals surface area contributed by atoms with E-state index >= 15 is 0 Å². The van der Waals surface area contributed by atoms with E-state index in [-0.39, 0.29) is 5.92 Å². The smallest absolute Gasteiger partial charge is 0.225 e. The predicted octanol–water partition coefficient (Wildman–Crippen LogP) is 2.84. The molecule has 0 aliphatic carbocycles. The van der Waals surface area contributed by atoms with Crippen LogP contribution in [0, 0.1) is 5.92 Å². The van der Waals surface area contributed by atoms with Gasteiger partial charge in [-0.15, -0.1) is 0 Å². The molecule has 1 aromatic rings. The third kappa shape index (κ3) is 4.32. The molecule has 0 bridgehead atoms. The van der Waals surface area contributed by atoms with E-state index < -0.39 is 0 Å². The molecule has 1 saturated heterocycles. The second-order valence-corrected chi connectivity index (χ2v) is 6.63. The molecule has 1 aliphatic rings. The molecule has 1 N–H and O–H groups in total. The average molecular weight is 339 g/mol. The molecule has 1 amide bonds. The summed E-state index contributed by atoms with van der Waals surface area (Å²) in [5.41, 5.74) is 1.27. The van der Waals surface area contributed by atoms with Crippen molar-refractivity contribution in [1.29, 1.82) is 0 Å². The van der Waals surface area contributed by atoms with Gasteiger partial charge < -0.3 is 10.2 Å². The Bertz CT molecular complexity index is 446. The van der Waals surface area contributed by atoms with Crippen molar-refractivity contribution in [3.63, 3.8) is 0 Å². The van der Waals surface area contributed by atoms with E-state index in [2.05, 4.69) is 40.3 Å². The SMILES string of the molecule is C[C@H]1C[C@@H](C(=O)N(C)CCc2ccc(Br)cc2)CCN1. The minimum atomic E-state index is 0.196. The standard InChI is InChI=1S/C16H23BrN2O/c1-12-11-14(7-9-18-12)16(20)19(2)10-8-13-3-5-15(17)6-4-13/h3-6,12,14,18H,7-11H2,1-2H3/t12-,14-/m0/s1. The van der Waals surface area contributed by atoms with E-state index in [9.17, 15) is 4.79 Å². The number of amides is 1. The van der Waals surface area contributed by atoms with Gasteiger partial charge in [0.2, 0.25) is 5.91 Å². The molecule has 4 heteroatoms. The van der Waals surface area contributed by atoms with Gasteiger partial charge >= 0.3 is 0 Å². The summed E-state index contributed by atoms with van der Waals surface area (Å²) in [6.45, 7) is 3.90. The van der Waals surface area contributed by atoms with Crippen molar-refractivity contribution < 1.29 is 4.79 Å². The van der Waals surface area contributed by atoms with E-state index in [4.69, 9.17) is 0 Å². The number of nitrogens with zero attached hydrogens (tertiary/aromatic N) is 1. The van der Waals surface area contributed by atoms with Crippen LogP contribution in [0.1, 0.15) is 25.3 Å². The van der Waals surface area contributed by atoms with Crippen molar-refractivity contribution in [3.8, 4) is 0 Å². The van der Waals surface area contributed by atoms with Gasteiger partial charge in [-0.2, -0.15) is 0 Å². The molecular weight excluding hydrogens is 316 g/mol. The van der Waals surface area contributed by atoms with E-state index in [1.54, 1.807) is 0 Å². The fraction of sp³-hybridized carbons (Fsp3) is 0.562. The van der Waals surface area contributed by atoms with Gasteiger partial charge in [-0.25, -0.2) is 0 Å². The Hall–Kier alpha value is -0.870. The Balaban J connectivity index is 1.83. The highest BCUT2D eigenvalue weighted by atomic mass is 79.9. The molecular formula is C16H23BrN2O. The monoisotopic (exact) mass is 338 g/mol. The third-order valence-corrected chi connectivity index (χ3v) is 4.53. The maximum absolute atomic E-state index is 12.4. The highest BCUT2D eigenvalue weighted by Gasteiger charge is 2.26. The topological polar surface area (TPSA) is 32.3 Å². The van der Waals surface area contributed by atoms with Crippen molar-refractivity contribution in [3.05, 3.63) is 34.3 Å². The maximum Gasteiger partial charge on any atom is 0.225 e. The van der Waals surface area contributed by atoms with Crippen LogP contribution in [0.3, 0.4) is 0 Å². The number of carbonyl (C=O) groups excluding carboxylic acids is 1. The molecule has 1 heterocycles. The molecule has 2 atom stereocenters. The lowest BCUT2D eigenvalue weighted by atomic mass is 9.92. The zero-order chi connectivity index (χ0) is 14.5.